The molecule has 0 atom stereocenters. The van der Waals surface area contributed by atoms with Crippen LogP contribution in [0.25, 0.3) is 27.5 Å². The molecule has 5 rings (SSSR count). The molecule has 0 bridgehead atoms. The van der Waals surface area contributed by atoms with E-state index in [0.29, 0.717) is 33.3 Å². The van der Waals surface area contributed by atoms with E-state index in [1.165, 1.54) is 15.9 Å². The van der Waals surface area contributed by atoms with Gasteiger partial charge in [0.25, 0.3) is 5.56 Å². The summed E-state index contributed by atoms with van der Waals surface area (Å²) in [6.45, 7) is 3.70. The van der Waals surface area contributed by atoms with E-state index in [2.05, 4.69) is 10.1 Å². The molecule has 0 aliphatic carbocycles. The van der Waals surface area contributed by atoms with Gasteiger partial charge >= 0.3 is 11.7 Å². The van der Waals surface area contributed by atoms with Gasteiger partial charge in [-0.1, -0.05) is 16.8 Å². The van der Waals surface area contributed by atoms with Crippen molar-refractivity contribution in [3.05, 3.63) is 78.6 Å². The predicted molar refractivity (Wildman–Crippen MR) is 116 cm³/mol. The van der Waals surface area contributed by atoms with Crippen molar-refractivity contribution >= 4 is 39.1 Å². The Bertz CT molecular complexity index is 1610. The number of hydrogen-bond donors (Lipinski definition) is 2. The van der Waals surface area contributed by atoms with Crippen LogP contribution in [0.3, 0.4) is 0 Å². The van der Waals surface area contributed by atoms with Gasteiger partial charge in [-0.15, -0.1) is 11.3 Å². The van der Waals surface area contributed by atoms with Gasteiger partial charge in [0, 0.05) is 22.2 Å². The molecule has 0 radical (unpaired) electrons. The molecular weight excluding hydrogens is 420 g/mol. The van der Waals surface area contributed by atoms with Crippen LogP contribution in [0.4, 0.5) is 0 Å². The lowest BCUT2D eigenvalue weighted by atomic mass is 10.1. The van der Waals surface area contributed by atoms with Gasteiger partial charge in [-0.05, 0) is 26.0 Å². The van der Waals surface area contributed by atoms with Crippen LogP contribution in [0.5, 0.6) is 0 Å². The molecule has 0 amide bonds. The van der Waals surface area contributed by atoms with Crippen molar-refractivity contribution in [2.45, 2.75) is 20.4 Å². The number of fused-ring (bicyclic) bond motifs is 2. The van der Waals surface area contributed by atoms with Gasteiger partial charge in [0.05, 0.1) is 28.7 Å². The monoisotopic (exact) mass is 436 g/mol. The smallest absolute Gasteiger partial charge is 0.354 e. The zero-order valence-corrected chi connectivity index (χ0v) is 17.3. The minimum Gasteiger partial charge on any atom is -0.477 e. The number of carboxylic acids is 1. The SMILES string of the molecule is Cc1ccc2c(c1)c(-n1c(=O)[nH]c3cscc3c1=O)c(C(=O)O)n2Cc1cc(C)on1. The molecule has 5 aromatic rings. The number of nitrogens with zero attached hydrogens (tertiary/aromatic N) is 3. The number of carboxylic acid groups (broad SMARTS) is 1. The van der Waals surface area contributed by atoms with E-state index in [9.17, 15) is 19.5 Å². The number of rotatable bonds is 4. The third kappa shape index (κ3) is 2.91. The molecule has 0 saturated carbocycles. The number of H-pyrrole nitrogens is 1. The summed E-state index contributed by atoms with van der Waals surface area (Å²) in [6.07, 6.45) is 0. The largest absolute Gasteiger partial charge is 0.477 e. The molecule has 0 fully saturated rings. The van der Waals surface area contributed by atoms with Gasteiger partial charge < -0.3 is 19.2 Å². The van der Waals surface area contributed by atoms with E-state index in [1.54, 1.807) is 35.9 Å². The van der Waals surface area contributed by atoms with Crippen molar-refractivity contribution in [2.24, 2.45) is 0 Å². The van der Waals surface area contributed by atoms with Crippen molar-refractivity contribution in [1.29, 1.82) is 0 Å². The number of hydrogen-bond acceptors (Lipinski definition) is 6. The van der Waals surface area contributed by atoms with Crippen LogP contribution in [0.2, 0.25) is 0 Å². The van der Waals surface area contributed by atoms with Gasteiger partial charge in [0.2, 0.25) is 0 Å². The van der Waals surface area contributed by atoms with E-state index >= 15 is 0 Å². The highest BCUT2D eigenvalue weighted by molar-refractivity contribution is 7.09. The summed E-state index contributed by atoms with van der Waals surface area (Å²) in [5.41, 5.74) is 0.965. The molecule has 31 heavy (non-hydrogen) atoms. The topological polar surface area (TPSA) is 123 Å². The normalized spacial score (nSPS) is 11.5. The fourth-order valence-electron chi connectivity index (χ4n) is 3.86. The molecule has 0 saturated heterocycles. The van der Waals surface area contributed by atoms with Gasteiger partial charge in [-0.25, -0.2) is 14.2 Å². The Hall–Kier alpha value is -3.92. The number of aromatic nitrogens is 4. The minimum absolute atomic E-state index is 0.0331. The van der Waals surface area contributed by atoms with E-state index in [-0.39, 0.29) is 17.9 Å². The van der Waals surface area contributed by atoms with Crippen molar-refractivity contribution < 1.29 is 14.4 Å². The lowest BCUT2D eigenvalue weighted by Gasteiger charge is -2.08. The Morgan fingerprint density at radius 2 is 2.00 bits per heavy atom. The maximum absolute atomic E-state index is 13.2. The summed E-state index contributed by atoms with van der Waals surface area (Å²) in [5.74, 6) is -0.671. The number of carbonyl (C=O) groups is 1. The third-order valence-electron chi connectivity index (χ3n) is 5.16. The first-order valence-electron chi connectivity index (χ1n) is 9.35. The van der Waals surface area contributed by atoms with Crippen LogP contribution in [-0.4, -0.2) is 30.4 Å². The van der Waals surface area contributed by atoms with Crippen molar-refractivity contribution in [2.75, 3.05) is 0 Å². The molecule has 0 aliphatic rings. The summed E-state index contributed by atoms with van der Waals surface area (Å²) >= 11 is 1.28. The third-order valence-corrected chi connectivity index (χ3v) is 5.90. The quantitative estimate of drug-likeness (QED) is 0.446. The van der Waals surface area contributed by atoms with Gasteiger partial charge in [0.15, 0.2) is 5.69 Å². The Kier molecular flexibility index (Phi) is 4.19. The molecule has 0 unspecified atom stereocenters. The van der Waals surface area contributed by atoms with Crippen LogP contribution >= 0.6 is 11.3 Å². The highest BCUT2D eigenvalue weighted by atomic mass is 32.1. The van der Waals surface area contributed by atoms with E-state index in [0.717, 1.165) is 10.1 Å². The molecule has 0 aliphatic heterocycles. The van der Waals surface area contributed by atoms with Crippen LogP contribution in [-0.2, 0) is 6.54 Å². The summed E-state index contributed by atoms with van der Waals surface area (Å²) in [5, 5.41) is 18.2. The predicted octanol–water partition coefficient (Wildman–Crippen LogP) is 3.05. The molecule has 156 valence electrons. The molecule has 2 N–H and O–H groups in total. The molecule has 0 spiro atoms. The lowest BCUT2D eigenvalue weighted by Crippen LogP contribution is -2.34. The zero-order chi connectivity index (χ0) is 21.9. The van der Waals surface area contributed by atoms with Gasteiger partial charge in [-0.2, -0.15) is 0 Å². The number of aromatic carboxylic acids is 1. The Balaban J connectivity index is 1.92. The van der Waals surface area contributed by atoms with E-state index < -0.39 is 17.2 Å². The molecule has 9 nitrogen and oxygen atoms in total. The first-order valence-corrected chi connectivity index (χ1v) is 10.3. The summed E-state index contributed by atoms with van der Waals surface area (Å²) in [7, 11) is 0. The fraction of sp³-hybridized carbons (Fsp3) is 0.143. The number of aromatic amines is 1. The lowest BCUT2D eigenvalue weighted by molar-refractivity contribution is 0.0686. The van der Waals surface area contributed by atoms with Gasteiger partial charge in [-0.3, -0.25) is 4.79 Å². The minimum atomic E-state index is -1.26. The number of thiophene rings is 1. The summed E-state index contributed by atoms with van der Waals surface area (Å²) in [4.78, 5) is 41.2. The van der Waals surface area contributed by atoms with Crippen molar-refractivity contribution in [3.63, 3.8) is 0 Å². The summed E-state index contributed by atoms with van der Waals surface area (Å²) in [6, 6.07) is 7.10. The second-order valence-electron chi connectivity index (χ2n) is 7.31. The maximum atomic E-state index is 13.2. The second-order valence-corrected chi connectivity index (χ2v) is 8.05. The average Bonchev–Trinajstić information content (AvgIpc) is 3.41. The highest BCUT2D eigenvalue weighted by Crippen LogP contribution is 2.30. The molecule has 4 aromatic heterocycles. The number of aryl methyl sites for hydroxylation is 2. The standard InChI is InChI=1S/C21H16N4O5S/c1-10-3-4-16-13(5-10)17(25-19(26)14-8-31-9-15(14)22-21(25)29)18(20(27)28)24(16)7-12-6-11(2)30-23-12/h3-6,8-9H,7H2,1-2H3,(H,22,29)(H,27,28). The zero-order valence-electron chi connectivity index (χ0n) is 16.5. The molecule has 10 heteroatoms. The molecule has 1 aromatic carbocycles. The molecular formula is C21H16N4O5S. The van der Waals surface area contributed by atoms with Crippen LogP contribution in [0, 0.1) is 13.8 Å². The molecule has 4 heterocycles. The summed E-state index contributed by atoms with van der Waals surface area (Å²) < 4.78 is 7.56. The number of benzene rings is 1. The van der Waals surface area contributed by atoms with E-state index in [4.69, 9.17) is 4.52 Å². The van der Waals surface area contributed by atoms with Crippen LogP contribution in [0.1, 0.15) is 27.5 Å². The number of nitrogens with one attached hydrogen (secondary N) is 1. The van der Waals surface area contributed by atoms with E-state index in [1.807, 2.05) is 13.0 Å². The van der Waals surface area contributed by atoms with Crippen LogP contribution < -0.4 is 11.2 Å². The highest BCUT2D eigenvalue weighted by Gasteiger charge is 2.27. The Morgan fingerprint density at radius 1 is 1.19 bits per heavy atom. The Morgan fingerprint density at radius 3 is 2.71 bits per heavy atom. The van der Waals surface area contributed by atoms with Crippen molar-refractivity contribution in [3.8, 4) is 5.69 Å². The Labute approximate surface area is 177 Å². The van der Waals surface area contributed by atoms with Gasteiger partial charge in [0.1, 0.15) is 11.5 Å². The second kappa shape index (κ2) is 6.81. The van der Waals surface area contributed by atoms with Crippen LogP contribution in [0.15, 0.2) is 49.1 Å². The van der Waals surface area contributed by atoms with Crippen molar-refractivity contribution in [1.82, 2.24) is 19.3 Å². The fourth-order valence-corrected chi connectivity index (χ4v) is 4.61. The first kappa shape index (κ1) is 19.1. The first-order chi connectivity index (χ1) is 14.8. The maximum Gasteiger partial charge on any atom is 0.354 e. The average molecular weight is 436 g/mol.